The predicted molar refractivity (Wildman–Crippen MR) is 99.2 cm³/mol. The van der Waals surface area contributed by atoms with E-state index in [1.165, 1.54) is 19.2 Å². The number of halogens is 1. The van der Waals surface area contributed by atoms with Crippen LogP contribution in [0, 0.1) is 5.82 Å². The first-order valence-electron chi connectivity index (χ1n) is 8.93. The number of aromatic nitrogens is 1. The van der Waals surface area contributed by atoms with Gasteiger partial charge in [-0.3, -0.25) is 0 Å². The number of carbonyl (C=O) groups excluding carboxylic acids is 2. The van der Waals surface area contributed by atoms with E-state index in [9.17, 15) is 14.0 Å². The van der Waals surface area contributed by atoms with Crippen LogP contribution < -0.4 is 4.74 Å². The van der Waals surface area contributed by atoms with Crippen molar-refractivity contribution in [1.82, 2.24) is 4.98 Å². The molecule has 0 bridgehead atoms. The van der Waals surface area contributed by atoms with Gasteiger partial charge in [0.2, 0.25) is 0 Å². The molecule has 0 saturated heterocycles. The molecule has 1 aliphatic heterocycles. The molecule has 0 N–H and O–H groups in total. The molecule has 2 heterocycles. The average molecular weight is 387 g/mol. The van der Waals surface area contributed by atoms with Gasteiger partial charge in [-0.25, -0.2) is 19.0 Å². The highest BCUT2D eigenvalue weighted by Crippen LogP contribution is 2.31. The molecule has 2 aromatic rings. The monoisotopic (exact) mass is 387 g/mol. The zero-order valence-electron chi connectivity index (χ0n) is 16.3. The molecule has 1 aromatic heterocycles. The van der Waals surface area contributed by atoms with Crippen molar-refractivity contribution >= 4 is 11.9 Å². The van der Waals surface area contributed by atoms with Crippen molar-refractivity contribution in [3.8, 4) is 5.75 Å². The third-order valence-corrected chi connectivity index (χ3v) is 4.15. The Hall–Kier alpha value is -2.96. The van der Waals surface area contributed by atoms with Crippen LogP contribution in [0.3, 0.4) is 0 Å². The van der Waals surface area contributed by atoms with Gasteiger partial charge in [-0.05, 0) is 44.5 Å². The van der Waals surface area contributed by atoms with Crippen LogP contribution in [0.2, 0.25) is 0 Å². The molecule has 0 saturated carbocycles. The van der Waals surface area contributed by atoms with Crippen molar-refractivity contribution in [2.24, 2.45) is 0 Å². The molecule has 3 rings (SSSR count). The van der Waals surface area contributed by atoms with Crippen molar-refractivity contribution in [3.05, 3.63) is 58.2 Å². The maximum Gasteiger partial charge on any atom is 0.356 e. The Morgan fingerprint density at radius 2 is 1.96 bits per heavy atom. The fourth-order valence-corrected chi connectivity index (χ4v) is 2.97. The van der Waals surface area contributed by atoms with Gasteiger partial charge >= 0.3 is 11.9 Å². The molecular weight excluding hydrogens is 365 g/mol. The van der Waals surface area contributed by atoms with Crippen molar-refractivity contribution in [3.63, 3.8) is 0 Å². The van der Waals surface area contributed by atoms with E-state index in [0.29, 0.717) is 42.0 Å². The number of benzene rings is 1. The van der Waals surface area contributed by atoms with E-state index in [2.05, 4.69) is 4.98 Å². The molecule has 0 spiro atoms. The van der Waals surface area contributed by atoms with Crippen molar-refractivity contribution < 1.29 is 28.2 Å². The molecule has 0 aliphatic carbocycles. The number of esters is 2. The lowest BCUT2D eigenvalue weighted by Gasteiger charge is -2.19. The minimum Gasteiger partial charge on any atom is -0.491 e. The molecule has 1 aliphatic rings. The van der Waals surface area contributed by atoms with Gasteiger partial charge in [-0.1, -0.05) is 6.07 Å². The molecule has 28 heavy (non-hydrogen) atoms. The first-order chi connectivity index (χ1) is 13.2. The quantitative estimate of drug-likeness (QED) is 0.748. The largest absolute Gasteiger partial charge is 0.491 e. The highest BCUT2D eigenvalue weighted by molar-refractivity contribution is 5.90. The number of fused-ring (bicyclic) bond motifs is 1. The van der Waals surface area contributed by atoms with Crippen LogP contribution in [0.5, 0.6) is 5.75 Å². The van der Waals surface area contributed by atoms with Crippen LogP contribution in [-0.2, 0) is 22.3 Å². The summed E-state index contributed by atoms with van der Waals surface area (Å²) in [6, 6.07) is 5.94. The van der Waals surface area contributed by atoms with Gasteiger partial charge in [0.1, 0.15) is 22.9 Å². The van der Waals surface area contributed by atoms with Crippen LogP contribution in [0.25, 0.3) is 0 Å². The zero-order chi connectivity index (χ0) is 20.5. The van der Waals surface area contributed by atoms with E-state index in [1.54, 1.807) is 32.9 Å². The molecule has 148 valence electrons. The maximum absolute atomic E-state index is 14.5. The van der Waals surface area contributed by atoms with Crippen LogP contribution in [0.4, 0.5) is 4.39 Å². The Balaban J connectivity index is 1.88. The molecule has 0 radical (unpaired) electrons. The predicted octanol–water partition coefficient (Wildman–Crippen LogP) is 3.49. The first-order valence-corrected chi connectivity index (χ1v) is 8.93. The molecule has 0 unspecified atom stereocenters. The minimum absolute atomic E-state index is 0.120. The number of nitrogens with zero attached hydrogens (tertiary/aromatic N) is 1. The molecule has 6 nitrogen and oxygen atoms in total. The number of hydrogen-bond acceptors (Lipinski definition) is 6. The van der Waals surface area contributed by atoms with E-state index in [1.807, 2.05) is 0 Å². The fraction of sp³-hybridized carbons (Fsp3) is 0.381. The number of methoxy groups -OCH3 is 1. The molecular formula is C21H22FNO5. The third kappa shape index (κ3) is 4.30. The van der Waals surface area contributed by atoms with E-state index >= 15 is 0 Å². The first kappa shape index (κ1) is 19.8. The second-order valence-electron chi connectivity index (χ2n) is 7.53. The minimum atomic E-state index is -0.710. The standard InChI is InChI=1S/C21H22FNO5/c1-21(2,3)28-19(24)14-6-5-12(10-15(14)22)9-13-11-17(20(25)26-4)23-16-7-8-27-18(13)16/h5-6,10-11H,7-9H2,1-4H3. The van der Waals surface area contributed by atoms with E-state index in [4.69, 9.17) is 14.2 Å². The summed E-state index contributed by atoms with van der Waals surface area (Å²) in [7, 11) is 1.29. The summed E-state index contributed by atoms with van der Waals surface area (Å²) in [6.45, 7) is 5.64. The molecule has 0 fully saturated rings. The summed E-state index contributed by atoms with van der Waals surface area (Å²) in [4.78, 5) is 28.3. The fourth-order valence-electron chi connectivity index (χ4n) is 2.97. The smallest absolute Gasteiger partial charge is 0.356 e. The summed E-state index contributed by atoms with van der Waals surface area (Å²) in [5.41, 5.74) is 1.39. The number of pyridine rings is 1. The van der Waals surface area contributed by atoms with Crippen molar-refractivity contribution in [1.29, 1.82) is 0 Å². The lowest BCUT2D eigenvalue weighted by atomic mass is 10.0. The van der Waals surface area contributed by atoms with Gasteiger partial charge in [-0.15, -0.1) is 0 Å². The number of rotatable bonds is 4. The van der Waals surface area contributed by atoms with Gasteiger partial charge in [0, 0.05) is 18.4 Å². The summed E-state index contributed by atoms with van der Waals surface area (Å²) in [6.07, 6.45) is 0.916. The summed E-state index contributed by atoms with van der Waals surface area (Å²) >= 11 is 0. The van der Waals surface area contributed by atoms with Crippen LogP contribution >= 0.6 is 0 Å². The Labute approximate surface area is 162 Å². The van der Waals surface area contributed by atoms with Crippen LogP contribution in [-0.4, -0.2) is 36.2 Å². The highest BCUT2D eigenvalue weighted by atomic mass is 19.1. The Kier molecular flexibility index (Phi) is 5.36. The Morgan fingerprint density at radius 3 is 2.61 bits per heavy atom. The summed E-state index contributed by atoms with van der Waals surface area (Å²) in [5, 5.41) is 0. The zero-order valence-corrected chi connectivity index (χ0v) is 16.3. The van der Waals surface area contributed by atoms with Gasteiger partial charge in [-0.2, -0.15) is 0 Å². The van der Waals surface area contributed by atoms with Crippen LogP contribution in [0.15, 0.2) is 24.3 Å². The SMILES string of the molecule is COC(=O)c1cc(Cc2ccc(C(=O)OC(C)(C)C)c(F)c2)c2c(n1)CCO2. The third-order valence-electron chi connectivity index (χ3n) is 4.15. The van der Waals surface area contributed by atoms with Gasteiger partial charge < -0.3 is 14.2 Å². The number of ether oxygens (including phenoxy) is 3. The second-order valence-corrected chi connectivity index (χ2v) is 7.53. The maximum atomic E-state index is 14.5. The van der Waals surface area contributed by atoms with Crippen LogP contribution in [0.1, 0.15) is 58.4 Å². The molecule has 0 amide bonds. The number of carbonyl (C=O) groups is 2. The average Bonchev–Trinajstić information content (AvgIpc) is 3.08. The molecule has 1 aromatic carbocycles. The normalized spacial score (nSPS) is 12.9. The lowest BCUT2D eigenvalue weighted by Crippen LogP contribution is -2.24. The Bertz CT molecular complexity index is 933. The summed E-state index contributed by atoms with van der Waals surface area (Å²) in [5.74, 6) is -1.30. The van der Waals surface area contributed by atoms with Crippen molar-refractivity contribution in [2.75, 3.05) is 13.7 Å². The van der Waals surface area contributed by atoms with Gasteiger partial charge in [0.15, 0.2) is 0 Å². The van der Waals surface area contributed by atoms with Gasteiger partial charge in [0.05, 0.1) is 25.0 Å². The van der Waals surface area contributed by atoms with Crippen molar-refractivity contribution in [2.45, 2.75) is 39.2 Å². The summed E-state index contributed by atoms with van der Waals surface area (Å²) < 4.78 is 30.1. The van der Waals surface area contributed by atoms with E-state index in [-0.39, 0.29) is 11.3 Å². The topological polar surface area (TPSA) is 74.7 Å². The highest BCUT2D eigenvalue weighted by Gasteiger charge is 2.24. The van der Waals surface area contributed by atoms with E-state index < -0.39 is 23.4 Å². The molecule has 7 heteroatoms. The lowest BCUT2D eigenvalue weighted by molar-refractivity contribution is 0.00645. The van der Waals surface area contributed by atoms with E-state index in [0.717, 1.165) is 0 Å². The van der Waals surface area contributed by atoms with Gasteiger partial charge in [0.25, 0.3) is 0 Å². The second kappa shape index (κ2) is 7.58. The molecule has 0 atom stereocenters. The number of hydrogen-bond donors (Lipinski definition) is 0. The Morgan fingerprint density at radius 1 is 1.21 bits per heavy atom.